The summed E-state index contributed by atoms with van der Waals surface area (Å²) in [4.78, 5) is 22.9. The number of nitrogens with two attached hydrogens (primary N) is 1. The van der Waals surface area contributed by atoms with Gasteiger partial charge in [-0.25, -0.2) is 14.8 Å². The van der Waals surface area contributed by atoms with Crippen molar-refractivity contribution in [3.05, 3.63) is 40.6 Å². The molecule has 0 amide bonds. The van der Waals surface area contributed by atoms with Crippen LogP contribution in [0.5, 0.6) is 0 Å². The topological polar surface area (TPSA) is 97.8 Å². The van der Waals surface area contributed by atoms with Gasteiger partial charge in [-0.15, -0.1) is 0 Å². The van der Waals surface area contributed by atoms with Crippen molar-refractivity contribution in [2.75, 3.05) is 5.73 Å². The molecule has 0 radical (unpaired) electrons. The Morgan fingerprint density at radius 3 is 3.05 bits per heavy atom. The van der Waals surface area contributed by atoms with Gasteiger partial charge in [0.1, 0.15) is 0 Å². The number of oxazole rings is 1. The van der Waals surface area contributed by atoms with Crippen molar-refractivity contribution < 1.29 is 4.42 Å². The van der Waals surface area contributed by atoms with Crippen LogP contribution in [-0.4, -0.2) is 15.0 Å². The number of hydrogen-bond donors (Lipinski definition) is 2. The molecule has 1 aromatic carbocycles. The summed E-state index contributed by atoms with van der Waals surface area (Å²) in [5.41, 5.74) is 8.38. The Hall–Kier alpha value is -2.28. The molecule has 3 N–H and O–H groups in total. The lowest BCUT2D eigenvalue weighted by Crippen LogP contribution is -1.93. The smallest absolute Gasteiger partial charge is 0.408 e. The van der Waals surface area contributed by atoms with Crippen molar-refractivity contribution in [3.63, 3.8) is 0 Å². The second kappa shape index (κ2) is 4.43. The Bertz CT molecular complexity index is 809. The van der Waals surface area contributed by atoms with Gasteiger partial charge in [0.25, 0.3) is 0 Å². The molecule has 0 atom stereocenters. The molecule has 2 heterocycles. The quantitative estimate of drug-likeness (QED) is 0.547. The highest BCUT2D eigenvalue weighted by molar-refractivity contribution is 7.99. The zero-order valence-corrected chi connectivity index (χ0v) is 10.8. The van der Waals surface area contributed by atoms with E-state index in [0.717, 1.165) is 10.6 Å². The van der Waals surface area contributed by atoms with E-state index >= 15 is 0 Å². The zero-order chi connectivity index (χ0) is 13.4. The van der Waals surface area contributed by atoms with Crippen LogP contribution < -0.4 is 11.5 Å². The molecule has 0 saturated heterocycles. The fourth-order valence-electron chi connectivity index (χ4n) is 1.65. The van der Waals surface area contributed by atoms with Gasteiger partial charge in [0.2, 0.25) is 0 Å². The van der Waals surface area contributed by atoms with Gasteiger partial charge in [0, 0.05) is 28.5 Å². The van der Waals surface area contributed by atoms with Crippen molar-refractivity contribution in [1.29, 1.82) is 0 Å². The Balaban J connectivity index is 2.04. The molecule has 6 nitrogen and oxygen atoms in total. The highest BCUT2D eigenvalue weighted by atomic mass is 32.2. The second-order valence-corrected chi connectivity index (χ2v) is 4.99. The van der Waals surface area contributed by atoms with Crippen molar-refractivity contribution in [2.24, 2.45) is 0 Å². The molecule has 3 aromatic rings. The minimum absolute atomic E-state index is 0.442. The molecule has 0 saturated carbocycles. The highest BCUT2D eigenvalue weighted by Crippen LogP contribution is 2.32. The van der Waals surface area contributed by atoms with E-state index in [0.29, 0.717) is 21.9 Å². The molecule has 0 spiro atoms. The van der Waals surface area contributed by atoms with E-state index in [9.17, 15) is 4.79 Å². The Morgan fingerprint density at radius 1 is 1.42 bits per heavy atom. The lowest BCUT2D eigenvalue weighted by Gasteiger charge is -2.04. The van der Waals surface area contributed by atoms with E-state index in [2.05, 4.69) is 15.0 Å². The summed E-state index contributed by atoms with van der Waals surface area (Å²) in [6.07, 6.45) is 1.69. The summed E-state index contributed by atoms with van der Waals surface area (Å²) in [7, 11) is 0. The molecule has 0 unspecified atom stereocenters. The third kappa shape index (κ3) is 2.32. The first-order valence-electron chi connectivity index (χ1n) is 5.52. The van der Waals surface area contributed by atoms with Crippen LogP contribution >= 0.6 is 11.8 Å². The van der Waals surface area contributed by atoms with Crippen LogP contribution in [0.2, 0.25) is 0 Å². The van der Waals surface area contributed by atoms with Gasteiger partial charge < -0.3 is 10.2 Å². The molecule has 2 aromatic heterocycles. The van der Waals surface area contributed by atoms with E-state index in [1.807, 2.05) is 13.0 Å². The predicted molar refractivity (Wildman–Crippen MR) is 72.1 cm³/mol. The number of nitrogens with zero attached hydrogens (tertiary/aromatic N) is 2. The number of fused-ring (bicyclic) bond motifs is 1. The number of benzene rings is 1. The summed E-state index contributed by atoms with van der Waals surface area (Å²) in [5.74, 6) is -0.497. The fourth-order valence-corrected chi connectivity index (χ4v) is 2.51. The van der Waals surface area contributed by atoms with Crippen molar-refractivity contribution in [1.82, 2.24) is 15.0 Å². The van der Waals surface area contributed by atoms with Gasteiger partial charge in [-0.3, -0.25) is 4.98 Å². The molecule has 96 valence electrons. The largest absolute Gasteiger partial charge is 0.417 e. The summed E-state index contributed by atoms with van der Waals surface area (Å²) >= 11 is 1.34. The molecular weight excluding hydrogens is 264 g/mol. The number of anilines is 1. The van der Waals surface area contributed by atoms with E-state index in [-0.39, 0.29) is 0 Å². The maximum Gasteiger partial charge on any atom is 0.417 e. The first-order valence-corrected chi connectivity index (χ1v) is 6.33. The van der Waals surface area contributed by atoms with Crippen LogP contribution in [0.3, 0.4) is 0 Å². The number of rotatable bonds is 2. The van der Waals surface area contributed by atoms with Gasteiger partial charge in [-0.2, -0.15) is 0 Å². The predicted octanol–water partition coefficient (Wildman–Crippen LogP) is 1.95. The maximum absolute atomic E-state index is 11.1. The maximum atomic E-state index is 11.1. The SMILES string of the molecule is Cc1ccnc(Sc2cc3[nH]c(=O)oc3cc2N)n1. The van der Waals surface area contributed by atoms with Crippen LogP contribution in [0.25, 0.3) is 11.1 Å². The average molecular weight is 274 g/mol. The number of aromatic amines is 1. The molecule has 0 aliphatic carbocycles. The minimum atomic E-state index is -0.497. The lowest BCUT2D eigenvalue weighted by molar-refractivity contribution is 0.555. The van der Waals surface area contributed by atoms with Crippen LogP contribution in [-0.2, 0) is 0 Å². The van der Waals surface area contributed by atoms with Crippen molar-refractivity contribution in [2.45, 2.75) is 17.0 Å². The van der Waals surface area contributed by atoms with Crippen LogP contribution in [0.1, 0.15) is 5.69 Å². The number of nitrogens with one attached hydrogen (secondary N) is 1. The molecule has 0 aliphatic heterocycles. The van der Waals surface area contributed by atoms with Crippen molar-refractivity contribution in [3.8, 4) is 0 Å². The zero-order valence-electron chi connectivity index (χ0n) is 10.0. The molecule has 19 heavy (non-hydrogen) atoms. The second-order valence-electron chi connectivity index (χ2n) is 3.98. The number of aryl methyl sites for hydroxylation is 1. The third-order valence-corrected chi connectivity index (χ3v) is 3.48. The van der Waals surface area contributed by atoms with Gasteiger partial charge >= 0.3 is 5.76 Å². The number of hydrogen-bond acceptors (Lipinski definition) is 6. The number of nitrogen functional groups attached to an aromatic ring is 1. The van der Waals surface area contributed by atoms with Crippen molar-refractivity contribution >= 4 is 28.5 Å². The number of H-pyrrole nitrogens is 1. The van der Waals surface area contributed by atoms with Gasteiger partial charge in [0.05, 0.1) is 5.52 Å². The summed E-state index contributed by atoms with van der Waals surface area (Å²) < 4.78 is 4.94. The Labute approximate surface area is 112 Å². The van der Waals surface area contributed by atoms with Gasteiger partial charge in [-0.1, -0.05) is 0 Å². The minimum Gasteiger partial charge on any atom is -0.408 e. The summed E-state index contributed by atoms with van der Waals surface area (Å²) in [6.45, 7) is 1.89. The normalized spacial score (nSPS) is 11.0. The first-order chi connectivity index (χ1) is 9.11. The molecular formula is C12H10N4O2S. The van der Waals surface area contributed by atoms with E-state index < -0.39 is 5.76 Å². The number of aromatic nitrogens is 3. The van der Waals surface area contributed by atoms with E-state index in [1.165, 1.54) is 11.8 Å². The Morgan fingerprint density at radius 2 is 2.26 bits per heavy atom. The lowest BCUT2D eigenvalue weighted by atomic mass is 10.3. The molecule has 0 fully saturated rings. The summed E-state index contributed by atoms with van der Waals surface area (Å²) in [5, 5.41) is 0.608. The van der Waals surface area contributed by atoms with E-state index in [1.54, 1.807) is 18.3 Å². The van der Waals surface area contributed by atoms with Crippen LogP contribution in [0, 0.1) is 6.92 Å². The van der Waals surface area contributed by atoms with Crippen LogP contribution in [0.15, 0.2) is 43.7 Å². The Kier molecular flexibility index (Phi) is 2.75. The van der Waals surface area contributed by atoms with Gasteiger partial charge in [-0.05, 0) is 30.8 Å². The average Bonchev–Trinajstić information content (AvgIpc) is 2.69. The van der Waals surface area contributed by atoms with Gasteiger partial charge in [0.15, 0.2) is 10.7 Å². The standard InChI is InChI=1S/C12H10N4O2S/c1-6-2-3-14-11(15-6)19-10-5-8-9(4-7(10)13)18-12(17)16-8/h2-5H,13H2,1H3,(H,16,17). The first kappa shape index (κ1) is 11.8. The fraction of sp³-hybridized carbons (Fsp3) is 0.0833. The van der Waals surface area contributed by atoms with E-state index in [4.69, 9.17) is 10.2 Å². The summed E-state index contributed by atoms with van der Waals surface area (Å²) in [6, 6.07) is 5.20. The molecule has 7 heteroatoms. The van der Waals surface area contributed by atoms with Crippen LogP contribution in [0.4, 0.5) is 5.69 Å². The molecule has 0 aliphatic rings. The molecule has 3 rings (SSSR count). The molecule has 0 bridgehead atoms. The monoisotopic (exact) mass is 274 g/mol. The third-order valence-electron chi connectivity index (χ3n) is 2.53. The highest BCUT2D eigenvalue weighted by Gasteiger charge is 2.09.